The van der Waals surface area contributed by atoms with Gasteiger partial charge in [0.2, 0.25) is 0 Å². The molecule has 10 heteroatoms. The molecule has 2 rings (SSSR count). The zero-order valence-corrected chi connectivity index (χ0v) is 22.5. The maximum absolute atomic E-state index is 12.6. The Morgan fingerprint density at radius 3 is 2.07 bits per heavy atom. The number of piperidine rings is 1. The lowest BCUT2D eigenvalue weighted by Crippen LogP contribution is -2.55. The van der Waals surface area contributed by atoms with Crippen molar-refractivity contribution in [3.05, 3.63) is 0 Å². The Balaban J connectivity index is 0.00000450. The summed E-state index contributed by atoms with van der Waals surface area (Å²) in [6.07, 6.45) is 3.40. The second kappa shape index (κ2) is 10.2. The molecule has 2 saturated heterocycles. The summed E-state index contributed by atoms with van der Waals surface area (Å²) in [5.41, 5.74) is -0.495. The van der Waals surface area contributed by atoms with Gasteiger partial charge in [-0.15, -0.1) is 24.0 Å². The minimum Gasteiger partial charge on any atom is -0.444 e. The largest absolute Gasteiger partial charge is 0.444 e. The first kappa shape index (κ1) is 27.3. The highest BCUT2D eigenvalue weighted by molar-refractivity contribution is 14.0. The van der Waals surface area contributed by atoms with E-state index in [0.717, 1.165) is 25.7 Å². The van der Waals surface area contributed by atoms with Gasteiger partial charge in [0.25, 0.3) is 0 Å². The number of amides is 1. The molecule has 0 aromatic carbocycles. The standard InChI is InChI=1S/C20H38N4O4S.HI/c1-19(2,3)28-18(25)24-15-8-9-16(24)13-14(12-15)23-17(21-7)22-10-11-29(26,27)20(4,5)6;/h14-16H,8-13H2,1-7H3,(H2,21,22,23);1H. The van der Waals surface area contributed by atoms with Crippen LogP contribution in [0, 0.1) is 0 Å². The van der Waals surface area contributed by atoms with E-state index in [1.165, 1.54) is 0 Å². The van der Waals surface area contributed by atoms with Crippen molar-refractivity contribution in [3.8, 4) is 0 Å². The van der Waals surface area contributed by atoms with Crippen molar-refractivity contribution >= 4 is 45.9 Å². The number of fused-ring (bicyclic) bond motifs is 2. The zero-order chi connectivity index (χ0) is 22.0. The topological polar surface area (TPSA) is 100 Å². The summed E-state index contributed by atoms with van der Waals surface area (Å²) < 4.78 is 29.3. The molecule has 30 heavy (non-hydrogen) atoms. The SMILES string of the molecule is CN=C(NCCS(=O)(=O)C(C)(C)C)NC1CC2CCC(C1)N2C(=O)OC(C)(C)C.I. The van der Waals surface area contributed by atoms with Gasteiger partial charge in [-0.25, -0.2) is 13.2 Å². The molecule has 2 bridgehead atoms. The highest BCUT2D eigenvalue weighted by Gasteiger charge is 2.45. The maximum Gasteiger partial charge on any atom is 0.410 e. The van der Waals surface area contributed by atoms with Crippen LogP contribution < -0.4 is 10.6 Å². The number of guanidine groups is 1. The predicted octanol–water partition coefficient (Wildman–Crippen LogP) is 2.91. The van der Waals surface area contributed by atoms with E-state index in [0.29, 0.717) is 12.5 Å². The van der Waals surface area contributed by atoms with Gasteiger partial charge in [0.15, 0.2) is 15.8 Å². The number of carbonyl (C=O) groups excluding carboxylic acids is 1. The molecule has 2 atom stereocenters. The van der Waals surface area contributed by atoms with Crippen LogP contribution in [0.4, 0.5) is 4.79 Å². The second-order valence-electron chi connectivity index (χ2n) is 10.0. The number of nitrogens with one attached hydrogen (secondary N) is 2. The van der Waals surface area contributed by atoms with Crippen molar-refractivity contribution in [2.24, 2.45) is 4.99 Å². The lowest BCUT2D eigenvalue weighted by molar-refractivity contribution is 0.00545. The number of ether oxygens (including phenoxy) is 1. The number of hydrogen-bond donors (Lipinski definition) is 2. The van der Waals surface area contributed by atoms with Crippen molar-refractivity contribution in [3.63, 3.8) is 0 Å². The van der Waals surface area contributed by atoms with Crippen molar-refractivity contribution in [2.75, 3.05) is 19.3 Å². The van der Waals surface area contributed by atoms with Gasteiger partial charge in [-0.3, -0.25) is 4.99 Å². The van der Waals surface area contributed by atoms with Gasteiger partial charge in [-0.2, -0.15) is 0 Å². The van der Waals surface area contributed by atoms with Gasteiger partial charge in [-0.05, 0) is 67.2 Å². The van der Waals surface area contributed by atoms with E-state index < -0.39 is 20.2 Å². The summed E-state index contributed by atoms with van der Waals surface area (Å²) in [7, 11) is -1.50. The molecule has 0 saturated carbocycles. The number of carbonyl (C=O) groups is 1. The average molecular weight is 559 g/mol. The summed E-state index contributed by atoms with van der Waals surface area (Å²) in [5.74, 6) is 0.656. The number of aliphatic imine (C=N–C) groups is 1. The third kappa shape index (κ3) is 7.13. The van der Waals surface area contributed by atoms with Crippen molar-refractivity contribution < 1.29 is 17.9 Å². The van der Waals surface area contributed by atoms with E-state index in [9.17, 15) is 13.2 Å². The molecule has 8 nitrogen and oxygen atoms in total. The summed E-state index contributed by atoms with van der Waals surface area (Å²) in [6, 6.07) is 0.526. The molecular formula is C20H39IN4O4S. The highest BCUT2D eigenvalue weighted by Crippen LogP contribution is 2.36. The first-order valence-electron chi connectivity index (χ1n) is 10.4. The monoisotopic (exact) mass is 558 g/mol. The fraction of sp³-hybridized carbons (Fsp3) is 0.900. The summed E-state index contributed by atoms with van der Waals surface area (Å²) in [6.45, 7) is 11.1. The number of nitrogens with zero attached hydrogens (tertiary/aromatic N) is 2. The van der Waals surface area contributed by atoms with E-state index in [1.54, 1.807) is 27.8 Å². The van der Waals surface area contributed by atoms with Crippen molar-refractivity contribution in [1.82, 2.24) is 15.5 Å². The molecular weight excluding hydrogens is 519 g/mol. The lowest BCUT2D eigenvalue weighted by Gasteiger charge is -2.40. The maximum atomic E-state index is 12.6. The Morgan fingerprint density at radius 2 is 1.63 bits per heavy atom. The van der Waals surface area contributed by atoms with Crippen LogP contribution in [0.5, 0.6) is 0 Å². The van der Waals surface area contributed by atoms with Crippen LogP contribution in [0.3, 0.4) is 0 Å². The Labute approximate surface area is 198 Å². The van der Waals surface area contributed by atoms with E-state index in [4.69, 9.17) is 4.74 Å². The first-order valence-corrected chi connectivity index (χ1v) is 12.1. The predicted molar refractivity (Wildman–Crippen MR) is 131 cm³/mol. The van der Waals surface area contributed by atoms with Crippen LogP contribution in [0.25, 0.3) is 0 Å². The smallest absolute Gasteiger partial charge is 0.410 e. The van der Waals surface area contributed by atoms with Crippen LogP contribution >= 0.6 is 24.0 Å². The minimum absolute atomic E-state index is 0. The first-order chi connectivity index (χ1) is 13.2. The molecule has 2 unspecified atom stereocenters. The van der Waals surface area contributed by atoms with Crippen LogP contribution in [0.15, 0.2) is 4.99 Å². The quantitative estimate of drug-likeness (QED) is 0.313. The third-order valence-corrected chi connectivity index (χ3v) is 8.11. The fourth-order valence-electron chi connectivity index (χ4n) is 3.91. The van der Waals surface area contributed by atoms with Crippen LogP contribution in [-0.2, 0) is 14.6 Å². The Bertz CT molecular complexity index is 714. The zero-order valence-electron chi connectivity index (χ0n) is 19.3. The summed E-state index contributed by atoms with van der Waals surface area (Å²) in [4.78, 5) is 18.7. The van der Waals surface area contributed by atoms with Gasteiger partial charge in [0, 0.05) is 31.7 Å². The molecule has 2 N–H and O–H groups in total. The van der Waals surface area contributed by atoms with Gasteiger partial charge in [0.1, 0.15) is 5.60 Å². The Hall–Kier alpha value is -0.780. The fourth-order valence-corrected chi connectivity index (χ4v) is 4.89. The van der Waals surface area contributed by atoms with E-state index in [-0.39, 0.29) is 53.9 Å². The van der Waals surface area contributed by atoms with Gasteiger partial charge in [-0.1, -0.05) is 0 Å². The molecule has 0 spiro atoms. The van der Waals surface area contributed by atoms with Gasteiger partial charge < -0.3 is 20.3 Å². The molecule has 0 aliphatic carbocycles. The molecule has 2 aliphatic heterocycles. The molecule has 2 heterocycles. The molecule has 1 amide bonds. The van der Waals surface area contributed by atoms with Crippen molar-refractivity contribution in [2.45, 2.75) is 95.7 Å². The third-order valence-electron chi connectivity index (χ3n) is 5.50. The molecule has 0 aromatic rings. The summed E-state index contributed by atoms with van der Waals surface area (Å²) in [5, 5.41) is 6.52. The molecule has 2 aliphatic rings. The van der Waals surface area contributed by atoms with E-state index in [1.807, 2.05) is 25.7 Å². The van der Waals surface area contributed by atoms with Crippen molar-refractivity contribution in [1.29, 1.82) is 0 Å². The molecule has 0 aromatic heterocycles. The molecule has 0 radical (unpaired) electrons. The lowest BCUT2D eigenvalue weighted by atomic mass is 9.98. The van der Waals surface area contributed by atoms with Crippen LogP contribution in [-0.4, -0.2) is 73.2 Å². The highest BCUT2D eigenvalue weighted by atomic mass is 127. The number of hydrogen-bond acceptors (Lipinski definition) is 5. The van der Waals surface area contributed by atoms with Gasteiger partial charge in [0.05, 0.1) is 10.5 Å². The number of halogens is 1. The number of sulfone groups is 1. The average Bonchev–Trinajstić information content (AvgIpc) is 2.82. The Morgan fingerprint density at radius 1 is 1.10 bits per heavy atom. The van der Waals surface area contributed by atoms with Crippen LogP contribution in [0.1, 0.15) is 67.2 Å². The van der Waals surface area contributed by atoms with Crippen LogP contribution in [0.2, 0.25) is 0 Å². The Kier molecular flexibility index (Phi) is 9.29. The summed E-state index contributed by atoms with van der Waals surface area (Å²) >= 11 is 0. The minimum atomic E-state index is -3.18. The normalized spacial score (nSPS) is 24.8. The second-order valence-corrected chi connectivity index (χ2v) is 12.9. The van der Waals surface area contributed by atoms with Gasteiger partial charge >= 0.3 is 6.09 Å². The van der Waals surface area contributed by atoms with E-state index >= 15 is 0 Å². The molecule has 176 valence electrons. The molecule has 2 fully saturated rings. The number of rotatable bonds is 4. The van der Waals surface area contributed by atoms with E-state index in [2.05, 4.69) is 15.6 Å².